The van der Waals surface area contributed by atoms with Gasteiger partial charge in [-0.05, 0) is 44.1 Å². The van der Waals surface area contributed by atoms with Gasteiger partial charge in [-0.3, -0.25) is 9.89 Å². The van der Waals surface area contributed by atoms with E-state index in [1.54, 1.807) is 0 Å². The van der Waals surface area contributed by atoms with Crippen LogP contribution in [0.5, 0.6) is 0 Å². The summed E-state index contributed by atoms with van der Waals surface area (Å²) in [6.45, 7) is 1.95. The van der Waals surface area contributed by atoms with E-state index >= 15 is 0 Å². The maximum Gasteiger partial charge on any atom is 0.258 e. The average Bonchev–Trinajstić information content (AvgIpc) is 2.93. The zero-order valence-corrected chi connectivity index (χ0v) is 12.3. The van der Waals surface area contributed by atoms with Crippen molar-refractivity contribution >= 4 is 34.6 Å². The Bertz CT molecular complexity index is 730. The fourth-order valence-electron chi connectivity index (χ4n) is 2.86. The van der Waals surface area contributed by atoms with Gasteiger partial charge in [-0.15, -0.1) is 0 Å². The maximum absolute atomic E-state index is 12.5. The molecule has 3 heterocycles. The van der Waals surface area contributed by atoms with Gasteiger partial charge < -0.3 is 10.6 Å². The van der Waals surface area contributed by atoms with Gasteiger partial charge >= 0.3 is 0 Å². The lowest BCUT2D eigenvalue weighted by molar-refractivity contribution is -0.117. The molecule has 1 aromatic heterocycles. The molecule has 1 aromatic carbocycles. The van der Waals surface area contributed by atoms with Crippen LogP contribution in [-0.2, 0) is 4.79 Å². The minimum atomic E-state index is 0.0177. The Kier molecular flexibility index (Phi) is 3.20. The number of nitrogens with one attached hydrogen (secondary N) is 3. The minimum Gasteiger partial charge on any atom is -0.349 e. The molecule has 1 amide bonds. The van der Waals surface area contributed by atoms with E-state index in [-0.39, 0.29) is 11.9 Å². The van der Waals surface area contributed by atoms with Crippen LogP contribution in [0.4, 0.5) is 0 Å². The molecule has 21 heavy (non-hydrogen) atoms. The highest BCUT2D eigenvalue weighted by molar-refractivity contribution is 8.04. The van der Waals surface area contributed by atoms with E-state index in [1.165, 1.54) is 11.8 Å². The van der Waals surface area contributed by atoms with Crippen LogP contribution in [0.1, 0.15) is 18.5 Å². The van der Waals surface area contributed by atoms with Gasteiger partial charge in [0.1, 0.15) is 0 Å². The number of H-pyrrole nitrogens is 1. The number of nitrogens with zero attached hydrogens (tertiary/aromatic N) is 1. The molecule has 5 nitrogen and oxygen atoms in total. The Morgan fingerprint density at radius 1 is 1.33 bits per heavy atom. The first-order valence-corrected chi connectivity index (χ1v) is 8.01. The monoisotopic (exact) mass is 300 g/mol. The molecule has 0 aliphatic carbocycles. The van der Waals surface area contributed by atoms with Crippen LogP contribution in [0, 0.1) is 0 Å². The van der Waals surface area contributed by atoms with E-state index in [0.29, 0.717) is 0 Å². The van der Waals surface area contributed by atoms with Crippen molar-refractivity contribution in [3.05, 3.63) is 28.8 Å². The van der Waals surface area contributed by atoms with Crippen LogP contribution in [0.25, 0.3) is 17.0 Å². The van der Waals surface area contributed by atoms with Crippen LogP contribution in [0.3, 0.4) is 0 Å². The second-order valence-corrected chi connectivity index (χ2v) is 6.48. The molecule has 1 fully saturated rings. The summed E-state index contributed by atoms with van der Waals surface area (Å²) in [5, 5.41) is 14.9. The molecule has 0 radical (unpaired) electrons. The summed E-state index contributed by atoms with van der Waals surface area (Å²) in [7, 11) is 0. The van der Waals surface area contributed by atoms with Crippen molar-refractivity contribution in [2.24, 2.45) is 0 Å². The number of rotatable bonds is 2. The number of aromatic amines is 1. The zero-order valence-electron chi connectivity index (χ0n) is 11.5. The molecular weight excluding hydrogens is 284 g/mol. The van der Waals surface area contributed by atoms with Gasteiger partial charge in [-0.2, -0.15) is 5.10 Å². The van der Waals surface area contributed by atoms with Crippen LogP contribution < -0.4 is 10.6 Å². The Morgan fingerprint density at radius 3 is 3.05 bits per heavy atom. The molecule has 0 atom stereocenters. The van der Waals surface area contributed by atoms with Crippen LogP contribution in [0.2, 0.25) is 0 Å². The molecule has 4 rings (SSSR count). The van der Waals surface area contributed by atoms with Crippen LogP contribution in [0.15, 0.2) is 28.0 Å². The average molecular weight is 300 g/mol. The van der Waals surface area contributed by atoms with Gasteiger partial charge in [0.25, 0.3) is 5.91 Å². The number of carbonyl (C=O) groups is 1. The summed E-state index contributed by atoms with van der Waals surface area (Å²) < 4.78 is 0. The predicted molar refractivity (Wildman–Crippen MR) is 84.0 cm³/mol. The summed E-state index contributed by atoms with van der Waals surface area (Å²) >= 11 is 1.52. The van der Waals surface area contributed by atoms with Gasteiger partial charge in [0.2, 0.25) is 0 Å². The Balaban J connectivity index is 1.59. The summed E-state index contributed by atoms with van der Waals surface area (Å²) in [5.41, 5.74) is 1.87. The first-order chi connectivity index (χ1) is 10.3. The van der Waals surface area contributed by atoms with E-state index < -0.39 is 0 Å². The zero-order chi connectivity index (χ0) is 14.2. The Morgan fingerprint density at radius 2 is 2.19 bits per heavy atom. The standard InChI is InChI=1S/C15H16N4OS/c20-15(17-9-4-6-16-7-5-9)13-8-11-14-10(18-19-11)2-1-3-12(14)21-13/h1-3,8-9,16H,4-7H2,(H,17,20)(H,18,19). The Hall–Kier alpha value is -1.79. The summed E-state index contributed by atoms with van der Waals surface area (Å²) in [4.78, 5) is 14.3. The summed E-state index contributed by atoms with van der Waals surface area (Å²) in [6.07, 6.45) is 3.90. The lowest BCUT2D eigenvalue weighted by Gasteiger charge is -2.24. The quantitative estimate of drug-likeness (QED) is 0.792. The second kappa shape index (κ2) is 5.20. The number of piperidine rings is 1. The van der Waals surface area contributed by atoms with Crippen LogP contribution >= 0.6 is 11.8 Å². The lowest BCUT2D eigenvalue weighted by Crippen LogP contribution is -2.43. The van der Waals surface area contributed by atoms with Crippen molar-refractivity contribution in [2.75, 3.05) is 13.1 Å². The molecule has 3 N–H and O–H groups in total. The molecule has 2 aliphatic rings. The first kappa shape index (κ1) is 12.9. The SMILES string of the molecule is O=C(NC1CCNCC1)C1=Cc2[nH]nc3cccc(c23)S1. The Labute approximate surface area is 126 Å². The normalized spacial score (nSPS) is 18.6. The van der Waals surface area contributed by atoms with Gasteiger partial charge in [-0.1, -0.05) is 17.8 Å². The number of thioether (sulfide) groups is 1. The highest BCUT2D eigenvalue weighted by Gasteiger charge is 2.23. The summed E-state index contributed by atoms with van der Waals surface area (Å²) in [6, 6.07) is 6.27. The van der Waals surface area contributed by atoms with Crippen molar-refractivity contribution in [2.45, 2.75) is 23.8 Å². The third-order valence-electron chi connectivity index (χ3n) is 3.96. The lowest BCUT2D eigenvalue weighted by atomic mass is 10.1. The molecular formula is C15H16N4OS. The number of carbonyl (C=O) groups excluding carboxylic acids is 1. The topological polar surface area (TPSA) is 69.8 Å². The number of aromatic nitrogens is 2. The summed E-state index contributed by atoms with van der Waals surface area (Å²) in [5.74, 6) is 0.0177. The van der Waals surface area contributed by atoms with Gasteiger partial charge in [0, 0.05) is 16.3 Å². The van der Waals surface area contributed by atoms with E-state index in [0.717, 1.165) is 52.3 Å². The van der Waals surface area contributed by atoms with Crippen LogP contribution in [-0.4, -0.2) is 35.2 Å². The molecule has 0 saturated carbocycles. The molecule has 2 aromatic rings. The smallest absolute Gasteiger partial charge is 0.258 e. The van der Waals surface area contributed by atoms with Gasteiger partial charge in [0.05, 0.1) is 16.1 Å². The molecule has 0 bridgehead atoms. The third kappa shape index (κ3) is 2.34. The molecule has 0 unspecified atom stereocenters. The largest absolute Gasteiger partial charge is 0.349 e. The highest BCUT2D eigenvalue weighted by Crippen LogP contribution is 2.39. The van der Waals surface area contributed by atoms with Crippen molar-refractivity contribution in [3.8, 4) is 0 Å². The number of benzene rings is 1. The molecule has 1 saturated heterocycles. The van der Waals surface area contributed by atoms with Crippen molar-refractivity contribution in [1.82, 2.24) is 20.8 Å². The predicted octanol–water partition coefficient (Wildman–Crippen LogP) is 1.88. The second-order valence-electron chi connectivity index (χ2n) is 5.40. The van der Waals surface area contributed by atoms with E-state index in [4.69, 9.17) is 0 Å². The molecule has 0 spiro atoms. The minimum absolute atomic E-state index is 0.0177. The van der Waals surface area contributed by atoms with Crippen molar-refractivity contribution in [3.63, 3.8) is 0 Å². The maximum atomic E-state index is 12.5. The molecule has 2 aliphatic heterocycles. The van der Waals surface area contributed by atoms with Crippen molar-refractivity contribution in [1.29, 1.82) is 0 Å². The fourth-order valence-corrected chi connectivity index (χ4v) is 3.89. The number of hydrogen-bond donors (Lipinski definition) is 3. The van der Waals surface area contributed by atoms with Crippen molar-refractivity contribution < 1.29 is 4.79 Å². The highest BCUT2D eigenvalue weighted by atomic mass is 32.2. The number of amides is 1. The first-order valence-electron chi connectivity index (χ1n) is 7.19. The van der Waals surface area contributed by atoms with Gasteiger partial charge in [-0.25, -0.2) is 0 Å². The van der Waals surface area contributed by atoms with Gasteiger partial charge in [0.15, 0.2) is 0 Å². The van der Waals surface area contributed by atoms with E-state index in [9.17, 15) is 4.79 Å². The van der Waals surface area contributed by atoms with E-state index in [1.807, 2.05) is 24.3 Å². The third-order valence-corrected chi connectivity index (χ3v) is 5.05. The number of hydrogen-bond acceptors (Lipinski definition) is 4. The molecule has 108 valence electrons. The van der Waals surface area contributed by atoms with E-state index in [2.05, 4.69) is 20.8 Å². The fraction of sp³-hybridized carbons (Fsp3) is 0.333. The molecule has 6 heteroatoms.